The molecule has 1 aromatic carbocycles. The van der Waals surface area contributed by atoms with E-state index in [0.717, 1.165) is 47.8 Å². The van der Waals surface area contributed by atoms with Crippen molar-refractivity contribution in [2.45, 2.75) is 56.1 Å². The fourth-order valence-electron chi connectivity index (χ4n) is 7.04. The minimum atomic E-state index is -1.07. The molecule has 2 saturated carbocycles. The van der Waals surface area contributed by atoms with E-state index in [2.05, 4.69) is 9.88 Å². The van der Waals surface area contributed by atoms with Crippen LogP contribution in [-0.4, -0.2) is 50.7 Å². The molecular weight excluding hydrogens is 406 g/mol. The van der Waals surface area contributed by atoms with Crippen molar-refractivity contribution in [1.29, 1.82) is 0 Å². The molecular formula is C25H29N3O4. The highest BCUT2D eigenvalue weighted by Crippen LogP contribution is 2.62. The second-order valence-corrected chi connectivity index (χ2v) is 10.5. The molecule has 3 aliphatic carbocycles. The maximum Gasteiger partial charge on any atom is 0.261 e. The van der Waals surface area contributed by atoms with Crippen LogP contribution in [-0.2, 0) is 18.3 Å². The van der Waals surface area contributed by atoms with Gasteiger partial charge in [-0.3, -0.25) is 14.5 Å². The van der Waals surface area contributed by atoms with Gasteiger partial charge in [0.2, 0.25) is 0 Å². The number of aromatic hydroxyl groups is 1. The number of benzene rings is 1. The van der Waals surface area contributed by atoms with Gasteiger partial charge in [0.15, 0.2) is 0 Å². The van der Waals surface area contributed by atoms with Crippen LogP contribution in [0.2, 0.25) is 0 Å². The Kier molecular flexibility index (Phi) is 4.03. The van der Waals surface area contributed by atoms with Gasteiger partial charge in [-0.25, -0.2) is 0 Å². The summed E-state index contributed by atoms with van der Waals surface area (Å²) in [4.78, 5) is 29.6. The predicted octanol–water partition coefficient (Wildman–Crippen LogP) is 1.37. The number of phenolic OH excluding ortho intramolecular Hbond substituents is 1. The number of nitrogens with one attached hydrogen (secondary N) is 1. The smallest absolute Gasteiger partial charge is 0.261 e. The van der Waals surface area contributed by atoms with E-state index in [9.17, 15) is 19.8 Å². The molecule has 1 aliphatic heterocycles. The average molecular weight is 436 g/mol. The van der Waals surface area contributed by atoms with E-state index in [4.69, 9.17) is 5.73 Å². The first-order valence-electron chi connectivity index (χ1n) is 11.5. The minimum Gasteiger partial charge on any atom is -0.508 e. The van der Waals surface area contributed by atoms with Crippen molar-refractivity contribution in [2.24, 2.45) is 17.6 Å². The number of H-pyrrole nitrogens is 1. The molecule has 32 heavy (non-hydrogen) atoms. The summed E-state index contributed by atoms with van der Waals surface area (Å²) < 4.78 is 0. The maximum atomic E-state index is 12.5. The number of carbonyl (C=O) groups excluding carboxylic acids is 1. The van der Waals surface area contributed by atoms with E-state index in [1.54, 1.807) is 18.2 Å². The molecule has 0 spiro atoms. The standard InChI is InChI=1S/C25H29N3O4/c1-13-2-5-17(29)7-19(13)24-8-16-12-28(11-14-3-4-14)21(16)25(24,32)9-15-6-18(22(26)30)23(31)27-20(15)10-24/h2,5-7,14,16,21,29,32H,3-4,8-12H2,1H3,(H2,26,30)(H,27,31)/t16?,21-,24-,25-/m1/s1. The van der Waals surface area contributed by atoms with Crippen LogP contribution in [0.4, 0.5) is 0 Å². The third-order valence-corrected chi connectivity index (χ3v) is 8.58. The normalized spacial score (nSPS) is 33.2. The molecule has 2 aromatic rings. The summed E-state index contributed by atoms with van der Waals surface area (Å²) in [6, 6.07) is 6.97. The summed E-state index contributed by atoms with van der Waals surface area (Å²) in [5, 5.41) is 22.9. The Morgan fingerprint density at radius 2 is 2.06 bits per heavy atom. The number of phenols is 1. The zero-order valence-electron chi connectivity index (χ0n) is 18.2. The Labute approximate surface area is 186 Å². The topological polar surface area (TPSA) is 120 Å². The first kappa shape index (κ1) is 20.0. The number of nitrogens with zero attached hydrogens (tertiary/aromatic N) is 1. The summed E-state index contributed by atoms with van der Waals surface area (Å²) >= 11 is 0. The lowest BCUT2D eigenvalue weighted by Crippen LogP contribution is -2.68. The highest BCUT2D eigenvalue weighted by molar-refractivity contribution is 5.92. The van der Waals surface area contributed by atoms with E-state index >= 15 is 0 Å². The van der Waals surface area contributed by atoms with Gasteiger partial charge in [-0.1, -0.05) is 6.07 Å². The number of nitrogens with two attached hydrogens (primary N) is 1. The van der Waals surface area contributed by atoms with Crippen molar-refractivity contribution in [1.82, 2.24) is 9.88 Å². The van der Waals surface area contributed by atoms with Crippen LogP contribution in [0, 0.1) is 18.8 Å². The summed E-state index contributed by atoms with van der Waals surface area (Å²) in [6.45, 7) is 4.01. The number of aromatic nitrogens is 1. The fraction of sp³-hybridized carbons (Fsp3) is 0.520. The van der Waals surface area contributed by atoms with Gasteiger partial charge in [0.1, 0.15) is 11.3 Å². The van der Waals surface area contributed by atoms with Gasteiger partial charge in [-0.15, -0.1) is 0 Å². The zero-order chi connectivity index (χ0) is 22.4. The Morgan fingerprint density at radius 1 is 1.28 bits per heavy atom. The van der Waals surface area contributed by atoms with Crippen molar-refractivity contribution in [3.63, 3.8) is 0 Å². The maximum absolute atomic E-state index is 12.5. The number of aromatic amines is 1. The lowest BCUT2D eigenvalue weighted by atomic mass is 9.59. The number of carbonyl (C=O) groups is 1. The summed E-state index contributed by atoms with van der Waals surface area (Å²) in [5.74, 6) is 0.507. The highest BCUT2D eigenvalue weighted by atomic mass is 16.3. The third kappa shape index (κ3) is 2.61. The van der Waals surface area contributed by atoms with Crippen molar-refractivity contribution in [2.75, 3.05) is 13.1 Å². The number of amides is 1. The van der Waals surface area contributed by atoms with Gasteiger partial charge < -0.3 is 20.9 Å². The zero-order valence-corrected chi connectivity index (χ0v) is 18.2. The number of pyridine rings is 1. The van der Waals surface area contributed by atoms with E-state index in [-0.39, 0.29) is 17.4 Å². The Balaban J connectivity index is 1.53. The van der Waals surface area contributed by atoms with Crippen LogP contribution >= 0.6 is 0 Å². The van der Waals surface area contributed by atoms with E-state index < -0.39 is 22.5 Å². The average Bonchev–Trinajstić information content (AvgIpc) is 3.50. The van der Waals surface area contributed by atoms with Crippen molar-refractivity contribution in [3.05, 3.63) is 62.6 Å². The molecule has 6 rings (SSSR count). The van der Waals surface area contributed by atoms with Crippen LogP contribution in [0.25, 0.3) is 0 Å². The second-order valence-electron chi connectivity index (χ2n) is 10.5. The molecule has 7 heteroatoms. The highest BCUT2D eigenvalue weighted by Gasteiger charge is 2.70. The van der Waals surface area contributed by atoms with Crippen molar-refractivity contribution >= 4 is 5.91 Å². The fourth-order valence-corrected chi connectivity index (χ4v) is 7.04. The molecule has 4 atom stereocenters. The molecule has 1 saturated heterocycles. The largest absolute Gasteiger partial charge is 0.508 e. The summed E-state index contributed by atoms with van der Waals surface area (Å²) in [5.41, 5.74) is 6.71. The molecule has 3 fully saturated rings. The molecule has 5 N–H and O–H groups in total. The van der Waals surface area contributed by atoms with Crippen LogP contribution in [0.5, 0.6) is 5.75 Å². The minimum absolute atomic E-state index is 0.0296. The second kappa shape index (κ2) is 6.45. The molecule has 0 radical (unpaired) electrons. The lowest BCUT2D eigenvalue weighted by Gasteiger charge is -2.55. The monoisotopic (exact) mass is 435 g/mol. The van der Waals surface area contributed by atoms with Gasteiger partial charge in [-0.05, 0) is 72.9 Å². The van der Waals surface area contributed by atoms with Crippen LogP contribution in [0.3, 0.4) is 0 Å². The van der Waals surface area contributed by atoms with Gasteiger partial charge in [0, 0.05) is 43.1 Å². The molecule has 7 nitrogen and oxygen atoms in total. The predicted molar refractivity (Wildman–Crippen MR) is 119 cm³/mol. The molecule has 168 valence electrons. The molecule has 1 aromatic heterocycles. The van der Waals surface area contributed by atoms with Crippen LogP contribution in [0.15, 0.2) is 29.1 Å². The summed E-state index contributed by atoms with van der Waals surface area (Å²) in [6.07, 6.45) is 4.13. The molecule has 1 amide bonds. The number of primary amides is 1. The van der Waals surface area contributed by atoms with Crippen molar-refractivity contribution < 1.29 is 15.0 Å². The number of fused-ring (bicyclic) bond motifs is 4. The van der Waals surface area contributed by atoms with Crippen LogP contribution < -0.4 is 11.3 Å². The van der Waals surface area contributed by atoms with Crippen LogP contribution in [0.1, 0.15) is 52.0 Å². The number of rotatable bonds is 4. The van der Waals surface area contributed by atoms with E-state index in [1.165, 1.54) is 12.8 Å². The quantitative estimate of drug-likeness (QED) is 0.578. The first-order chi connectivity index (χ1) is 15.2. The number of aryl methyl sites for hydroxylation is 1. The Morgan fingerprint density at radius 3 is 2.78 bits per heavy atom. The third-order valence-electron chi connectivity index (χ3n) is 8.58. The van der Waals surface area contributed by atoms with Crippen molar-refractivity contribution in [3.8, 4) is 5.75 Å². The van der Waals surface area contributed by atoms with E-state index in [0.29, 0.717) is 18.8 Å². The number of hydrogen-bond donors (Lipinski definition) is 4. The van der Waals surface area contributed by atoms with Gasteiger partial charge in [-0.2, -0.15) is 0 Å². The number of aliphatic hydroxyl groups is 1. The molecule has 2 heterocycles. The van der Waals surface area contributed by atoms with Gasteiger partial charge in [0.25, 0.3) is 11.5 Å². The van der Waals surface area contributed by atoms with Gasteiger partial charge in [0.05, 0.1) is 5.60 Å². The lowest BCUT2D eigenvalue weighted by molar-refractivity contribution is -0.118. The number of hydrogen-bond acceptors (Lipinski definition) is 5. The Bertz CT molecular complexity index is 1200. The molecule has 1 unspecified atom stereocenters. The van der Waals surface area contributed by atoms with E-state index in [1.807, 2.05) is 13.0 Å². The molecule has 4 aliphatic rings. The summed E-state index contributed by atoms with van der Waals surface area (Å²) in [7, 11) is 0. The van der Waals surface area contributed by atoms with Gasteiger partial charge >= 0.3 is 0 Å². The Hall–Kier alpha value is -2.64. The molecule has 0 bridgehead atoms. The SMILES string of the molecule is Cc1ccc(O)cc1[C@@]12Cc3[nH]c(=O)c(C(N)=O)cc3C[C@@]1(O)[C@H]1C(CN1CC1CC1)C2. The first-order valence-corrected chi connectivity index (χ1v) is 11.5. The number of likely N-dealkylation sites (tertiary alicyclic amines) is 1.